The number of carbonyl (C=O) groups excluding carboxylic acids is 2. The molecule has 1 amide bonds. The second-order valence-electron chi connectivity index (χ2n) is 6.33. The van der Waals surface area contributed by atoms with E-state index in [1.165, 1.54) is 7.11 Å². The van der Waals surface area contributed by atoms with Crippen molar-refractivity contribution in [3.8, 4) is 0 Å². The molecule has 0 N–H and O–H groups in total. The molecule has 2 bridgehead atoms. The first-order valence-corrected chi connectivity index (χ1v) is 7.95. The van der Waals surface area contributed by atoms with Gasteiger partial charge in [-0.2, -0.15) is 0 Å². The Labute approximate surface area is 134 Å². The van der Waals surface area contributed by atoms with Gasteiger partial charge in [0.1, 0.15) is 11.5 Å². The smallest absolute Gasteiger partial charge is 0.312 e. The zero-order chi connectivity index (χ0) is 16.2. The molecule has 1 aromatic rings. The monoisotopic (exact) mass is 313 g/mol. The summed E-state index contributed by atoms with van der Waals surface area (Å²) in [4.78, 5) is 27.0. The number of aryl methyl sites for hydroxylation is 1. The molecule has 3 heterocycles. The average Bonchev–Trinajstić information content (AvgIpc) is 3.22. The third kappa shape index (κ3) is 1.83. The second-order valence-corrected chi connectivity index (χ2v) is 6.33. The molecule has 5 heteroatoms. The van der Waals surface area contributed by atoms with Crippen LogP contribution in [0.4, 0.5) is 5.69 Å². The Morgan fingerprint density at radius 1 is 1.43 bits per heavy atom. The van der Waals surface area contributed by atoms with E-state index in [2.05, 4.69) is 6.92 Å². The minimum atomic E-state index is -0.693. The molecule has 4 rings (SSSR count). The normalized spacial score (nSPS) is 34.1. The Hall–Kier alpha value is -2.14. The van der Waals surface area contributed by atoms with Crippen molar-refractivity contribution in [2.45, 2.75) is 25.0 Å². The summed E-state index contributed by atoms with van der Waals surface area (Å²) in [6, 6.07) is 7.89. The number of carbonyl (C=O) groups is 2. The Balaban J connectivity index is 1.75. The zero-order valence-corrected chi connectivity index (χ0v) is 13.2. The average molecular weight is 313 g/mol. The summed E-state index contributed by atoms with van der Waals surface area (Å²) >= 11 is 0. The van der Waals surface area contributed by atoms with Crippen molar-refractivity contribution < 1.29 is 19.1 Å². The summed E-state index contributed by atoms with van der Waals surface area (Å²) in [5.74, 6) is -1.45. The van der Waals surface area contributed by atoms with Crippen molar-refractivity contribution in [1.29, 1.82) is 0 Å². The number of fused-ring (bicyclic) bond motifs is 1. The number of nitrogens with zero attached hydrogens (tertiary/aromatic N) is 1. The highest BCUT2D eigenvalue weighted by Gasteiger charge is 2.67. The van der Waals surface area contributed by atoms with Crippen LogP contribution < -0.4 is 4.90 Å². The summed E-state index contributed by atoms with van der Waals surface area (Å²) in [5.41, 5.74) is 1.33. The number of ether oxygens (including phenoxy) is 2. The predicted molar refractivity (Wildman–Crippen MR) is 83.9 cm³/mol. The van der Waals surface area contributed by atoms with E-state index in [4.69, 9.17) is 9.47 Å². The van der Waals surface area contributed by atoms with Crippen LogP contribution in [0.2, 0.25) is 0 Å². The van der Waals surface area contributed by atoms with Crippen molar-refractivity contribution in [3.63, 3.8) is 0 Å². The molecular formula is C18H19NO4. The van der Waals surface area contributed by atoms with E-state index in [-0.39, 0.29) is 18.0 Å². The second kappa shape index (κ2) is 4.93. The van der Waals surface area contributed by atoms with Gasteiger partial charge in [-0.15, -0.1) is 0 Å². The van der Waals surface area contributed by atoms with Crippen LogP contribution in [0.3, 0.4) is 0 Å². The van der Waals surface area contributed by atoms with Gasteiger partial charge in [0, 0.05) is 5.69 Å². The van der Waals surface area contributed by atoms with E-state index in [1.807, 2.05) is 36.4 Å². The maximum absolute atomic E-state index is 13.1. The van der Waals surface area contributed by atoms with Gasteiger partial charge in [-0.3, -0.25) is 9.59 Å². The number of benzene rings is 1. The number of hydrogen-bond acceptors (Lipinski definition) is 4. The molecule has 5 nitrogen and oxygen atoms in total. The minimum Gasteiger partial charge on any atom is -0.469 e. The van der Waals surface area contributed by atoms with Crippen molar-refractivity contribution in [3.05, 3.63) is 42.0 Å². The van der Waals surface area contributed by atoms with Gasteiger partial charge in [-0.05, 0) is 18.1 Å². The van der Waals surface area contributed by atoms with E-state index < -0.39 is 17.4 Å². The molecule has 1 spiro atoms. The van der Waals surface area contributed by atoms with Gasteiger partial charge in [0.2, 0.25) is 5.91 Å². The Bertz CT molecular complexity index is 713. The molecule has 4 atom stereocenters. The topological polar surface area (TPSA) is 55.8 Å². The number of hydrogen-bond donors (Lipinski definition) is 0. The lowest BCUT2D eigenvalue weighted by Crippen LogP contribution is -2.39. The first-order chi connectivity index (χ1) is 11.1. The molecule has 0 radical (unpaired) electrons. The summed E-state index contributed by atoms with van der Waals surface area (Å²) in [5, 5.41) is 0. The standard InChI is InChI=1S/C18H19NO4/c1-3-11-6-4-5-7-12(11)19-10-18-9-8-13(23-18)14(17(21)22-2)15(18)16(19)20/h4-9,13-15H,3,10H2,1-2H3/t13-,14-,15-,18+/m0/s1. The van der Waals surface area contributed by atoms with Crippen LogP contribution in [0, 0.1) is 11.8 Å². The van der Waals surface area contributed by atoms with Gasteiger partial charge < -0.3 is 14.4 Å². The van der Waals surface area contributed by atoms with Crippen LogP contribution in [0.15, 0.2) is 36.4 Å². The van der Waals surface area contributed by atoms with Gasteiger partial charge in [-0.25, -0.2) is 0 Å². The molecule has 3 aliphatic rings. The Morgan fingerprint density at radius 2 is 2.22 bits per heavy atom. The molecule has 120 valence electrons. The quantitative estimate of drug-likeness (QED) is 0.630. The molecular weight excluding hydrogens is 294 g/mol. The van der Waals surface area contributed by atoms with Gasteiger partial charge in [0.25, 0.3) is 0 Å². The molecule has 23 heavy (non-hydrogen) atoms. The molecule has 0 aromatic heterocycles. The summed E-state index contributed by atoms with van der Waals surface area (Å²) in [7, 11) is 1.36. The fraction of sp³-hybridized carbons (Fsp3) is 0.444. The molecule has 0 saturated carbocycles. The van der Waals surface area contributed by atoms with Gasteiger partial charge in [-0.1, -0.05) is 37.3 Å². The summed E-state index contributed by atoms with van der Waals surface area (Å²) in [6.45, 7) is 2.52. The van der Waals surface area contributed by atoms with Crippen molar-refractivity contribution in [2.75, 3.05) is 18.6 Å². The number of amides is 1. The Morgan fingerprint density at radius 3 is 2.96 bits per heavy atom. The van der Waals surface area contributed by atoms with Crippen LogP contribution in [-0.4, -0.2) is 37.2 Å². The van der Waals surface area contributed by atoms with Gasteiger partial charge in [0.05, 0.1) is 25.7 Å². The molecule has 2 saturated heterocycles. The van der Waals surface area contributed by atoms with E-state index >= 15 is 0 Å². The SMILES string of the molecule is CCc1ccccc1N1C[C@@]23C=C[C@H](O2)[C@H](C(=O)OC)[C@H]3C1=O. The van der Waals surface area contributed by atoms with Crippen molar-refractivity contribution in [2.24, 2.45) is 11.8 Å². The van der Waals surface area contributed by atoms with Gasteiger partial charge >= 0.3 is 5.97 Å². The van der Waals surface area contributed by atoms with Crippen molar-refractivity contribution in [1.82, 2.24) is 0 Å². The number of esters is 1. The van der Waals surface area contributed by atoms with Gasteiger partial charge in [0.15, 0.2) is 0 Å². The van der Waals surface area contributed by atoms with E-state index in [0.29, 0.717) is 6.54 Å². The number of para-hydroxylation sites is 1. The highest BCUT2D eigenvalue weighted by molar-refractivity contribution is 6.03. The third-order valence-corrected chi connectivity index (χ3v) is 5.24. The fourth-order valence-corrected chi connectivity index (χ4v) is 4.18. The Kier molecular flexibility index (Phi) is 3.10. The maximum atomic E-state index is 13.1. The number of rotatable bonds is 3. The highest BCUT2D eigenvalue weighted by Crippen LogP contribution is 2.53. The molecule has 2 fully saturated rings. The fourth-order valence-electron chi connectivity index (χ4n) is 4.18. The van der Waals surface area contributed by atoms with E-state index in [0.717, 1.165) is 17.7 Å². The third-order valence-electron chi connectivity index (χ3n) is 5.24. The predicted octanol–water partition coefficient (Wildman–Crippen LogP) is 1.71. The molecule has 3 aliphatic heterocycles. The number of methoxy groups -OCH3 is 1. The molecule has 0 aliphatic carbocycles. The molecule has 0 unspecified atom stereocenters. The van der Waals surface area contributed by atoms with Crippen LogP contribution in [0.1, 0.15) is 12.5 Å². The zero-order valence-electron chi connectivity index (χ0n) is 13.2. The van der Waals surface area contributed by atoms with Crippen LogP contribution >= 0.6 is 0 Å². The maximum Gasteiger partial charge on any atom is 0.312 e. The van der Waals surface area contributed by atoms with E-state index in [9.17, 15) is 9.59 Å². The first kappa shape index (κ1) is 14.5. The van der Waals surface area contributed by atoms with Crippen LogP contribution in [0.5, 0.6) is 0 Å². The lowest BCUT2D eigenvalue weighted by atomic mass is 9.77. The largest absolute Gasteiger partial charge is 0.469 e. The minimum absolute atomic E-state index is 0.0480. The summed E-state index contributed by atoms with van der Waals surface area (Å²) < 4.78 is 10.9. The lowest BCUT2D eigenvalue weighted by Gasteiger charge is -2.23. The first-order valence-electron chi connectivity index (χ1n) is 7.95. The van der Waals surface area contributed by atoms with Crippen molar-refractivity contribution >= 4 is 17.6 Å². The molecule has 1 aromatic carbocycles. The highest BCUT2D eigenvalue weighted by atomic mass is 16.5. The van der Waals surface area contributed by atoms with E-state index in [1.54, 1.807) is 4.90 Å². The number of anilines is 1. The summed E-state index contributed by atoms with van der Waals surface area (Å²) in [6.07, 6.45) is 4.34. The lowest BCUT2D eigenvalue weighted by molar-refractivity contribution is -0.149. The van der Waals surface area contributed by atoms with Crippen LogP contribution in [0.25, 0.3) is 0 Å². The van der Waals surface area contributed by atoms with Crippen LogP contribution in [-0.2, 0) is 25.5 Å².